The second-order valence-corrected chi connectivity index (χ2v) is 2.77. The molecule has 0 saturated carbocycles. The van der Waals surface area contributed by atoms with Gasteiger partial charge in [0.25, 0.3) is 0 Å². The van der Waals surface area contributed by atoms with Gasteiger partial charge in [-0.05, 0) is 0 Å². The first kappa shape index (κ1) is 8.57. The van der Waals surface area contributed by atoms with E-state index in [-0.39, 0.29) is 0 Å². The van der Waals surface area contributed by atoms with Crippen molar-refractivity contribution in [3.8, 4) is 0 Å². The van der Waals surface area contributed by atoms with Gasteiger partial charge in [-0.1, -0.05) is 0 Å². The minimum atomic E-state index is 0.538. The first-order valence-electron chi connectivity index (χ1n) is 2.37. The van der Waals surface area contributed by atoms with Gasteiger partial charge in [0.05, 0.1) is 0 Å². The van der Waals surface area contributed by atoms with Crippen LogP contribution in [0.25, 0.3) is 0 Å². The molecule has 0 spiro atoms. The van der Waals surface area contributed by atoms with Crippen LogP contribution in [0.1, 0.15) is 0 Å². The molecule has 0 aliphatic rings. The Labute approximate surface area is 65.4 Å². The van der Waals surface area contributed by atoms with Gasteiger partial charge in [-0.2, -0.15) is 0 Å². The number of hydrogen-bond donors (Lipinski definition) is 2. The predicted octanol–water partition coefficient (Wildman–Crippen LogP) is -0.617. The molecule has 0 amide bonds. The van der Waals surface area contributed by atoms with E-state index in [1.165, 1.54) is 19.4 Å². The second kappa shape index (κ2) is 4.45. The normalized spacial score (nSPS) is 9.44. The molecule has 3 nitrogen and oxygen atoms in total. The Kier molecular flexibility index (Phi) is 4.23. The average molecular weight is 295 g/mol. The van der Waals surface area contributed by atoms with Crippen LogP contribution in [0.2, 0.25) is 0 Å². The molecule has 3 N–H and O–H groups in total. The Morgan fingerprint density at radius 2 is 2.44 bits per heavy atom. The van der Waals surface area contributed by atoms with E-state index in [0.29, 0.717) is 5.70 Å². The van der Waals surface area contributed by atoms with Crippen molar-refractivity contribution < 1.29 is 19.4 Å². The van der Waals surface area contributed by atoms with Crippen LogP contribution < -0.4 is 11.1 Å². The molecular weight excluding hydrogens is 286 g/mol. The molecule has 0 aliphatic heterocycles. The maximum absolute atomic E-state index is 5.32. The van der Waals surface area contributed by atoms with Crippen molar-refractivity contribution in [1.82, 2.24) is 5.32 Å². The first-order chi connectivity index (χ1) is 4.18. The molecule has 0 rings (SSSR count). The van der Waals surface area contributed by atoms with Crippen molar-refractivity contribution in [2.75, 3.05) is 7.05 Å². The molecule has 0 fully saturated rings. The van der Waals surface area contributed by atoms with Crippen molar-refractivity contribution in [3.63, 3.8) is 0 Å². The van der Waals surface area contributed by atoms with Crippen LogP contribution >= 0.6 is 0 Å². The monoisotopic (exact) mass is 295 g/mol. The van der Waals surface area contributed by atoms with E-state index in [1.54, 1.807) is 13.4 Å². The summed E-state index contributed by atoms with van der Waals surface area (Å²) in [6, 6.07) is 0. The van der Waals surface area contributed by atoms with Gasteiger partial charge in [0.15, 0.2) is 0 Å². The Hall–Kier alpha value is -0.432. The topological polar surface area (TPSA) is 50.4 Å². The van der Waals surface area contributed by atoms with Crippen LogP contribution in [0, 0.1) is 0 Å². The molecule has 0 aromatic rings. The number of aliphatic imine (C=N–C) groups is 1. The van der Waals surface area contributed by atoms with Crippen LogP contribution in [0.4, 0.5) is 0 Å². The molecular formula is C5H9N3W. The standard InChI is InChI=1S/C5H9N3.W/c1-5(6)3-8-4-7-2;/h4,7H,1,6H2,2H3;. The van der Waals surface area contributed by atoms with Crippen LogP contribution in [-0.2, 0) is 19.4 Å². The zero-order valence-corrected chi connectivity index (χ0v) is 8.15. The Morgan fingerprint density at radius 3 is 2.78 bits per heavy atom. The third-order valence-electron chi connectivity index (χ3n) is 0.586. The Bertz CT molecular complexity index is 150. The summed E-state index contributed by atoms with van der Waals surface area (Å²) in [7, 11) is 1.78. The predicted molar refractivity (Wildman–Crippen MR) is 35.9 cm³/mol. The van der Waals surface area contributed by atoms with Gasteiger partial charge in [0.2, 0.25) is 0 Å². The molecule has 50 valence electrons. The first-order valence-corrected chi connectivity index (χ1v) is 3.83. The second-order valence-electron chi connectivity index (χ2n) is 1.38. The number of nitrogens with one attached hydrogen (secondary N) is 1. The van der Waals surface area contributed by atoms with Gasteiger partial charge in [0, 0.05) is 0 Å². The fourth-order valence-corrected chi connectivity index (χ4v) is 0.395. The van der Waals surface area contributed by atoms with Gasteiger partial charge in [-0.25, -0.2) is 0 Å². The number of hydrogen-bond acceptors (Lipinski definition) is 2. The van der Waals surface area contributed by atoms with Crippen LogP contribution in [0.5, 0.6) is 0 Å². The third kappa shape index (κ3) is 4.10. The van der Waals surface area contributed by atoms with Crippen LogP contribution in [-0.4, -0.2) is 17.4 Å². The molecule has 0 aromatic carbocycles. The number of nitrogens with zero attached hydrogens (tertiary/aromatic N) is 1. The summed E-state index contributed by atoms with van der Waals surface area (Å²) < 4.78 is 0.823. The number of rotatable bonds is 3. The molecule has 0 heterocycles. The quantitative estimate of drug-likeness (QED) is 0.539. The van der Waals surface area contributed by atoms with Crippen molar-refractivity contribution >= 4 is 10.4 Å². The van der Waals surface area contributed by atoms with Gasteiger partial charge in [0.1, 0.15) is 0 Å². The Balaban J connectivity index is 3.77. The van der Waals surface area contributed by atoms with Gasteiger partial charge >= 0.3 is 65.1 Å². The zero-order chi connectivity index (χ0) is 7.28. The minimum absolute atomic E-state index is 0.538. The van der Waals surface area contributed by atoms with Gasteiger partial charge in [-0.15, -0.1) is 0 Å². The van der Waals surface area contributed by atoms with E-state index in [4.69, 9.17) is 5.73 Å². The molecule has 9 heavy (non-hydrogen) atoms. The zero-order valence-electron chi connectivity index (χ0n) is 5.22. The summed E-state index contributed by atoms with van der Waals surface area (Å²) in [6.07, 6.45) is 1.58. The summed E-state index contributed by atoms with van der Waals surface area (Å²) in [6.45, 7) is 3.53. The SMILES string of the molecule is C=C(N)[C](=[W])N=CNC. The number of nitrogens with two attached hydrogens (primary N) is 1. The van der Waals surface area contributed by atoms with E-state index < -0.39 is 0 Å². The molecule has 0 unspecified atom stereocenters. The van der Waals surface area contributed by atoms with Gasteiger partial charge < -0.3 is 0 Å². The molecule has 0 bridgehead atoms. The molecule has 0 saturated heterocycles. The van der Waals surface area contributed by atoms with E-state index in [1.807, 2.05) is 0 Å². The van der Waals surface area contributed by atoms with E-state index in [9.17, 15) is 0 Å². The van der Waals surface area contributed by atoms with Crippen molar-refractivity contribution in [2.45, 2.75) is 0 Å². The van der Waals surface area contributed by atoms with Gasteiger partial charge in [-0.3, -0.25) is 0 Å². The van der Waals surface area contributed by atoms with E-state index in [0.717, 1.165) is 4.02 Å². The Morgan fingerprint density at radius 1 is 1.89 bits per heavy atom. The third-order valence-corrected chi connectivity index (χ3v) is 1.91. The fourth-order valence-electron chi connectivity index (χ4n) is 0.206. The maximum atomic E-state index is 5.32. The molecule has 0 aromatic heterocycles. The summed E-state index contributed by atoms with van der Waals surface area (Å²) in [5.74, 6) is 0. The molecule has 4 heteroatoms. The summed E-state index contributed by atoms with van der Waals surface area (Å²) in [5.41, 5.74) is 5.86. The van der Waals surface area contributed by atoms with Crippen LogP contribution in [0.15, 0.2) is 17.3 Å². The summed E-state index contributed by atoms with van der Waals surface area (Å²) in [4.78, 5) is 3.94. The molecule has 0 radical (unpaired) electrons. The van der Waals surface area contributed by atoms with Crippen molar-refractivity contribution in [3.05, 3.63) is 12.3 Å². The van der Waals surface area contributed by atoms with Crippen molar-refractivity contribution in [1.29, 1.82) is 0 Å². The van der Waals surface area contributed by atoms with E-state index >= 15 is 0 Å². The molecule has 0 atom stereocenters. The van der Waals surface area contributed by atoms with Crippen molar-refractivity contribution in [2.24, 2.45) is 10.7 Å². The molecule has 0 aliphatic carbocycles. The fraction of sp³-hybridized carbons (Fsp3) is 0.200. The average Bonchev–Trinajstić information content (AvgIpc) is 1.82. The van der Waals surface area contributed by atoms with E-state index in [2.05, 4.69) is 16.9 Å². The van der Waals surface area contributed by atoms with Crippen LogP contribution in [0.3, 0.4) is 0 Å². The summed E-state index contributed by atoms with van der Waals surface area (Å²) in [5, 5.41) is 2.76. The summed E-state index contributed by atoms with van der Waals surface area (Å²) >= 11 is 1.23.